The number of aryl methyl sites for hydroxylation is 1. The van der Waals surface area contributed by atoms with Crippen LogP contribution in [0.5, 0.6) is 5.75 Å². The number of rotatable bonds is 7. The van der Waals surface area contributed by atoms with E-state index in [0.29, 0.717) is 5.75 Å². The maximum absolute atomic E-state index is 9.53. The van der Waals surface area contributed by atoms with Gasteiger partial charge in [-0.3, -0.25) is 0 Å². The van der Waals surface area contributed by atoms with Crippen molar-refractivity contribution < 1.29 is 5.11 Å². The van der Waals surface area contributed by atoms with Crippen molar-refractivity contribution in [3.63, 3.8) is 0 Å². The molecule has 1 aliphatic carbocycles. The molecule has 0 atom stereocenters. The second-order valence-corrected chi connectivity index (χ2v) is 7.90. The van der Waals surface area contributed by atoms with Gasteiger partial charge in [-0.15, -0.1) is 0 Å². The van der Waals surface area contributed by atoms with E-state index in [0.717, 1.165) is 18.4 Å². The van der Waals surface area contributed by atoms with Gasteiger partial charge < -0.3 is 9.67 Å². The van der Waals surface area contributed by atoms with Crippen molar-refractivity contribution >= 4 is 0 Å². The summed E-state index contributed by atoms with van der Waals surface area (Å²) in [5, 5.41) is 9.53. The van der Waals surface area contributed by atoms with Gasteiger partial charge in [0.15, 0.2) is 0 Å². The van der Waals surface area contributed by atoms with E-state index in [-0.39, 0.29) is 0 Å². The van der Waals surface area contributed by atoms with Gasteiger partial charge in [-0.05, 0) is 73.6 Å². The SMILES string of the molecule is CCCCCC1CCC(Cn2c(C)ccc2-c2ccc(O)cc2)CC1. The van der Waals surface area contributed by atoms with Gasteiger partial charge in [-0.2, -0.15) is 0 Å². The first kappa shape index (κ1) is 18.1. The summed E-state index contributed by atoms with van der Waals surface area (Å²) < 4.78 is 2.48. The summed E-state index contributed by atoms with van der Waals surface area (Å²) in [6, 6.07) is 12.0. The highest BCUT2D eigenvalue weighted by Gasteiger charge is 2.22. The first-order valence-electron chi connectivity index (χ1n) is 10.1. The smallest absolute Gasteiger partial charge is 0.115 e. The van der Waals surface area contributed by atoms with Gasteiger partial charge in [0.25, 0.3) is 0 Å². The van der Waals surface area contributed by atoms with Crippen molar-refractivity contribution in [2.45, 2.75) is 71.8 Å². The van der Waals surface area contributed by atoms with Crippen LogP contribution in [0.2, 0.25) is 0 Å². The van der Waals surface area contributed by atoms with Gasteiger partial charge in [0.1, 0.15) is 5.75 Å². The van der Waals surface area contributed by atoms with Crippen LogP contribution in [0, 0.1) is 18.8 Å². The van der Waals surface area contributed by atoms with E-state index in [1.807, 2.05) is 12.1 Å². The Kier molecular flexibility index (Phi) is 6.23. The Morgan fingerprint density at radius 2 is 1.60 bits per heavy atom. The molecule has 2 heteroatoms. The largest absolute Gasteiger partial charge is 0.508 e. The number of aromatic nitrogens is 1. The summed E-state index contributed by atoms with van der Waals surface area (Å²) in [6.45, 7) is 5.64. The molecule has 0 aliphatic heterocycles. The number of phenolic OH excluding ortho intramolecular Hbond substituents is 1. The predicted octanol–water partition coefficient (Wildman–Crippen LogP) is 6.56. The summed E-state index contributed by atoms with van der Waals surface area (Å²) >= 11 is 0. The zero-order chi connectivity index (χ0) is 17.6. The van der Waals surface area contributed by atoms with E-state index in [4.69, 9.17) is 0 Å². The predicted molar refractivity (Wildman–Crippen MR) is 106 cm³/mol. The van der Waals surface area contributed by atoms with Crippen LogP contribution in [0.25, 0.3) is 11.3 Å². The average molecular weight is 340 g/mol. The van der Waals surface area contributed by atoms with Crippen molar-refractivity contribution in [2.24, 2.45) is 11.8 Å². The van der Waals surface area contributed by atoms with Crippen molar-refractivity contribution in [3.8, 4) is 17.0 Å². The van der Waals surface area contributed by atoms with Crippen LogP contribution in [-0.2, 0) is 6.54 Å². The summed E-state index contributed by atoms with van der Waals surface area (Å²) in [5.74, 6) is 2.12. The fourth-order valence-electron chi connectivity index (χ4n) is 4.34. The molecule has 1 fully saturated rings. The Hall–Kier alpha value is -1.70. The van der Waals surface area contributed by atoms with E-state index in [1.54, 1.807) is 12.1 Å². The Balaban J connectivity index is 1.61. The van der Waals surface area contributed by atoms with E-state index < -0.39 is 0 Å². The number of benzene rings is 1. The molecule has 25 heavy (non-hydrogen) atoms. The fraction of sp³-hybridized carbons (Fsp3) is 0.565. The maximum Gasteiger partial charge on any atom is 0.115 e. The van der Waals surface area contributed by atoms with Gasteiger partial charge in [0.2, 0.25) is 0 Å². The Bertz CT molecular complexity index is 647. The molecule has 0 unspecified atom stereocenters. The van der Waals surface area contributed by atoms with Gasteiger partial charge >= 0.3 is 0 Å². The molecule has 1 heterocycles. The van der Waals surface area contributed by atoms with Crippen molar-refractivity contribution in [1.29, 1.82) is 0 Å². The lowest BCUT2D eigenvalue weighted by Crippen LogP contribution is -2.20. The van der Waals surface area contributed by atoms with Gasteiger partial charge in [0.05, 0.1) is 0 Å². The van der Waals surface area contributed by atoms with Crippen LogP contribution in [-0.4, -0.2) is 9.67 Å². The third-order valence-electron chi connectivity index (χ3n) is 5.99. The third-order valence-corrected chi connectivity index (χ3v) is 5.99. The highest BCUT2D eigenvalue weighted by atomic mass is 16.3. The second kappa shape index (κ2) is 8.60. The molecule has 3 rings (SSSR count). The molecule has 0 saturated heterocycles. The van der Waals surface area contributed by atoms with Crippen LogP contribution < -0.4 is 0 Å². The lowest BCUT2D eigenvalue weighted by atomic mass is 9.79. The van der Waals surface area contributed by atoms with Crippen molar-refractivity contribution in [3.05, 3.63) is 42.1 Å². The van der Waals surface area contributed by atoms with Crippen LogP contribution in [0.3, 0.4) is 0 Å². The average Bonchev–Trinajstić information content (AvgIpc) is 2.98. The molecule has 0 radical (unpaired) electrons. The third kappa shape index (κ3) is 4.68. The molecule has 2 aromatic rings. The summed E-state index contributed by atoms with van der Waals surface area (Å²) in [6.07, 6.45) is 11.2. The molecule has 1 saturated carbocycles. The number of hydrogen-bond acceptors (Lipinski definition) is 1. The summed E-state index contributed by atoms with van der Waals surface area (Å²) in [7, 11) is 0. The van der Waals surface area contributed by atoms with Crippen LogP contribution in [0.15, 0.2) is 36.4 Å². The Labute approximate surface area is 152 Å². The number of nitrogens with zero attached hydrogens (tertiary/aromatic N) is 1. The van der Waals surface area contributed by atoms with E-state index in [9.17, 15) is 5.11 Å². The minimum absolute atomic E-state index is 0.333. The second-order valence-electron chi connectivity index (χ2n) is 7.90. The highest BCUT2D eigenvalue weighted by Crippen LogP contribution is 2.34. The molecular weight excluding hydrogens is 306 g/mol. The first-order valence-corrected chi connectivity index (χ1v) is 10.1. The minimum Gasteiger partial charge on any atom is -0.508 e. The molecular formula is C23H33NO. The zero-order valence-corrected chi connectivity index (χ0v) is 15.9. The van der Waals surface area contributed by atoms with Crippen molar-refractivity contribution in [1.82, 2.24) is 4.57 Å². The van der Waals surface area contributed by atoms with E-state index in [2.05, 4.69) is 30.5 Å². The Morgan fingerprint density at radius 3 is 2.28 bits per heavy atom. The monoisotopic (exact) mass is 339 g/mol. The molecule has 1 aromatic carbocycles. The molecule has 0 bridgehead atoms. The lowest BCUT2D eigenvalue weighted by Gasteiger charge is -2.30. The number of hydrogen-bond donors (Lipinski definition) is 1. The number of phenols is 1. The number of aromatic hydroxyl groups is 1. The van der Waals surface area contributed by atoms with E-state index in [1.165, 1.54) is 68.3 Å². The van der Waals surface area contributed by atoms with Gasteiger partial charge in [-0.1, -0.05) is 45.4 Å². The zero-order valence-electron chi connectivity index (χ0n) is 15.9. The molecule has 0 amide bonds. The van der Waals surface area contributed by atoms with Crippen LogP contribution in [0.4, 0.5) is 0 Å². The molecule has 1 N–H and O–H groups in total. The van der Waals surface area contributed by atoms with Gasteiger partial charge in [-0.25, -0.2) is 0 Å². The minimum atomic E-state index is 0.333. The standard InChI is InChI=1S/C23H33NO/c1-3-4-5-6-19-8-10-20(11-9-19)17-24-18(2)7-16-23(24)21-12-14-22(25)15-13-21/h7,12-16,19-20,25H,3-6,8-11,17H2,1-2H3. The topological polar surface area (TPSA) is 25.2 Å². The van der Waals surface area contributed by atoms with E-state index >= 15 is 0 Å². The molecule has 136 valence electrons. The maximum atomic E-state index is 9.53. The molecule has 0 spiro atoms. The molecule has 2 nitrogen and oxygen atoms in total. The van der Waals surface area contributed by atoms with Crippen LogP contribution >= 0.6 is 0 Å². The summed E-state index contributed by atoms with van der Waals surface area (Å²) in [4.78, 5) is 0. The van der Waals surface area contributed by atoms with Crippen LogP contribution in [0.1, 0.15) is 64.0 Å². The number of unbranched alkanes of at least 4 members (excludes halogenated alkanes) is 2. The first-order chi connectivity index (χ1) is 12.2. The fourth-order valence-corrected chi connectivity index (χ4v) is 4.34. The molecule has 1 aliphatic rings. The van der Waals surface area contributed by atoms with Crippen molar-refractivity contribution in [2.75, 3.05) is 0 Å². The quantitative estimate of drug-likeness (QED) is 0.568. The Morgan fingerprint density at radius 1 is 0.920 bits per heavy atom. The van der Waals surface area contributed by atoms with Gasteiger partial charge in [0, 0.05) is 17.9 Å². The summed E-state index contributed by atoms with van der Waals surface area (Å²) in [5.41, 5.74) is 3.81. The molecule has 1 aromatic heterocycles. The highest BCUT2D eigenvalue weighted by molar-refractivity contribution is 5.61. The normalized spacial score (nSPS) is 20.7. The lowest BCUT2D eigenvalue weighted by molar-refractivity contribution is 0.239.